The number of halogens is 1. The fourth-order valence-electron chi connectivity index (χ4n) is 1.59. The molecule has 0 atom stereocenters. The largest absolute Gasteiger partial charge is 0.395 e. The van der Waals surface area contributed by atoms with E-state index in [-0.39, 0.29) is 24.5 Å². The van der Waals surface area contributed by atoms with Crippen LogP contribution in [0.4, 0.5) is 4.39 Å². The molecule has 4 heteroatoms. The third-order valence-corrected chi connectivity index (χ3v) is 2.28. The molecule has 0 radical (unpaired) electrons. The summed E-state index contributed by atoms with van der Waals surface area (Å²) in [5, 5.41) is 9.60. The summed E-state index contributed by atoms with van der Waals surface area (Å²) >= 11 is 0. The van der Waals surface area contributed by atoms with Gasteiger partial charge in [0.05, 0.1) is 12.1 Å². The van der Waals surface area contributed by atoms with Crippen LogP contribution in [0.2, 0.25) is 0 Å². The number of nitrogens with zero attached hydrogens (tertiary/aromatic N) is 1. The first kappa shape index (κ1) is 9.86. The van der Waals surface area contributed by atoms with Crippen LogP contribution in [0.15, 0.2) is 35.1 Å². The van der Waals surface area contributed by atoms with Crippen molar-refractivity contribution in [2.75, 3.05) is 6.61 Å². The number of aliphatic hydroxyl groups is 1. The highest BCUT2D eigenvalue weighted by Crippen LogP contribution is 2.13. The van der Waals surface area contributed by atoms with E-state index in [2.05, 4.69) is 0 Å². The van der Waals surface area contributed by atoms with Gasteiger partial charge in [-0.05, 0) is 29.7 Å². The highest BCUT2D eigenvalue weighted by Gasteiger charge is 2.03. The molecule has 0 aliphatic heterocycles. The molecular weight excluding hydrogens is 197 g/mol. The van der Waals surface area contributed by atoms with E-state index in [1.807, 2.05) is 0 Å². The Hall–Kier alpha value is -1.68. The van der Waals surface area contributed by atoms with Crippen LogP contribution in [0.25, 0.3) is 10.9 Å². The van der Waals surface area contributed by atoms with Crippen molar-refractivity contribution in [3.8, 4) is 0 Å². The molecular formula is C11H10FNO2. The quantitative estimate of drug-likeness (QED) is 0.802. The van der Waals surface area contributed by atoms with Crippen LogP contribution in [-0.2, 0) is 6.54 Å². The van der Waals surface area contributed by atoms with Crippen LogP contribution in [0.5, 0.6) is 0 Å². The number of aliphatic hydroxyl groups excluding tert-OH is 1. The average molecular weight is 207 g/mol. The number of pyridine rings is 1. The molecule has 78 valence electrons. The van der Waals surface area contributed by atoms with Crippen molar-refractivity contribution < 1.29 is 9.50 Å². The van der Waals surface area contributed by atoms with Crippen LogP contribution < -0.4 is 5.56 Å². The third kappa shape index (κ3) is 1.76. The highest BCUT2D eigenvalue weighted by molar-refractivity contribution is 5.78. The maximum Gasteiger partial charge on any atom is 0.251 e. The molecule has 3 nitrogen and oxygen atoms in total. The smallest absolute Gasteiger partial charge is 0.251 e. The molecule has 0 amide bonds. The predicted octanol–water partition coefficient (Wildman–Crippen LogP) is 1.13. The summed E-state index contributed by atoms with van der Waals surface area (Å²) in [5.74, 6) is -0.389. The zero-order valence-corrected chi connectivity index (χ0v) is 7.98. The molecule has 0 saturated carbocycles. The van der Waals surface area contributed by atoms with Crippen LogP contribution >= 0.6 is 0 Å². The summed E-state index contributed by atoms with van der Waals surface area (Å²) in [4.78, 5) is 11.5. The fourth-order valence-corrected chi connectivity index (χ4v) is 1.59. The van der Waals surface area contributed by atoms with Gasteiger partial charge in [-0.2, -0.15) is 0 Å². The van der Waals surface area contributed by atoms with E-state index in [9.17, 15) is 9.18 Å². The molecule has 15 heavy (non-hydrogen) atoms. The normalized spacial score (nSPS) is 10.8. The lowest BCUT2D eigenvalue weighted by Crippen LogP contribution is -2.20. The van der Waals surface area contributed by atoms with Crippen molar-refractivity contribution in [3.05, 3.63) is 46.5 Å². The van der Waals surface area contributed by atoms with Crippen molar-refractivity contribution >= 4 is 10.9 Å². The minimum Gasteiger partial charge on any atom is -0.395 e. The molecule has 0 spiro atoms. The Labute approximate surface area is 85.4 Å². The summed E-state index contributed by atoms with van der Waals surface area (Å²) in [7, 11) is 0. The van der Waals surface area contributed by atoms with Crippen LogP contribution in [0.3, 0.4) is 0 Å². The van der Waals surface area contributed by atoms with Gasteiger partial charge in [-0.25, -0.2) is 4.39 Å². The van der Waals surface area contributed by atoms with Crippen LogP contribution in [-0.4, -0.2) is 16.3 Å². The van der Waals surface area contributed by atoms with E-state index < -0.39 is 0 Å². The minimum atomic E-state index is -0.389. The van der Waals surface area contributed by atoms with Crippen LogP contribution in [0, 0.1) is 5.82 Å². The second-order valence-corrected chi connectivity index (χ2v) is 3.25. The first-order valence-electron chi connectivity index (χ1n) is 4.62. The number of aromatic nitrogens is 1. The lowest BCUT2D eigenvalue weighted by Gasteiger charge is -2.07. The lowest BCUT2D eigenvalue weighted by molar-refractivity contribution is 0.276. The molecule has 0 aliphatic carbocycles. The SMILES string of the molecule is O=c1ccc2ccc(F)cc2n1CCO. The molecule has 0 aliphatic rings. The Kier molecular flexibility index (Phi) is 2.51. The van der Waals surface area contributed by atoms with E-state index in [4.69, 9.17) is 5.11 Å². The van der Waals surface area contributed by atoms with E-state index in [1.165, 1.54) is 22.8 Å². The number of rotatable bonds is 2. The fraction of sp³-hybridized carbons (Fsp3) is 0.182. The molecule has 2 aromatic rings. The van der Waals surface area contributed by atoms with E-state index in [0.717, 1.165) is 5.39 Å². The van der Waals surface area contributed by atoms with Crippen molar-refractivity contribution in [1.29, 1.82) is 0 Å². The van der Waals surface area contributed by atoms with Crippen molar-refractivity contribution in [3.63, 3.8) is 0 Å². The number of fused-ring (bicyclic) bond motifs is 1. The van der Waals surface area contributed by atoms with E-state index in [0.29, 0.717) is 5.52 Å². The van der Waals surface area contributed by atoms with Crippen molar-refractivity contribution in [2.24, 2.45) is 0 Å². The minimum absolute atomic E-state index is 0.143. The number of benzene rings is 1. The second-order valence-electron chi connectivity index (χ2n) is 3.25. The molecule has 0 saturated heterocycles. The van der Waals surface area contributed by atoms with Gasteiger partial charge in [0, 0.05) is 12.6 Å². The summed E-state index contributed by atoms with van der Waals surface area (Å²) in [6.07, 6.45) is 0. The van der Waals surface area contributed by atoms with Crippen molar-refractivity contribution in [1.82, 2.24) is 4.57 Å². The standard InChI is InChI=1S/C11H10FNO2/c12-9-3-1-8-2-4-11(15)13(5-6-14)10(8)7-9/h1-4,7,14H,5-6H2. The van der Waals surface area contributed by atoms with E-state index >= 15 is 0 Å². The van der Waals surface area contributed by atoms with E-state index in [1.54, 1.807) is 12.1 Å². The Morgan fingerprint density at radius 2 is 2.00 bits per heavy atom. The van der Waals surface area contributed by atoms with Gasteiger partial charge in [-0.3, -0.25) is 4.79 Å². The predicted molar refractivity (Wildman–Crippen MR) is 55.3 cm³/mol. The monoisotopic (exact) mass is 207 g/mol. The van der Waals surface area contributed by atoms with Gasteiger partial charge in [0.15, 0.2) is 0 Å². The second kappa shape index (κ2) is 3.82. The molecule has 1 aromatic heterocycles. The highest BCUT2D eigenvalue weighted by atomic mass is 19.1. The molecule has 1 N–H and O–H groups in total. The summed E-state index contributed by atoms with van der Waals surface area (Å²) < 4.78 is 14.4. The molecule has 0 bridgehead atoms. The number of hydrogen-bond donors (Lipinski definition) is 1. The Morgan fingerprint density at radius 1 is 1.27 bits per heavy atom. The molecule has 2 rings (SSSR count). The first-order valence-corrected chi connectivity index (χ1v) is 4.62. The topological polar surface area (TPSA) is 42.2 Å². The number of hydrogen-bond acceptors (Lipinski definition) is 2. The zero-order valence-electron chi connectivity index (χ0n) is 7.98. The van der Waals surface area contributed by atoms with Gasteiger partial charge in [-0.15, -0.1) is 0 Å². The molecule has 0 unspecified atom stereocenters. The van der Waals surface area contributed by atoms with Gasteiger partial charge < -0.3 is 9.67 Å². The van der Waals surface area contributed by atoms with Gasteiger partial charge in [-0.1, -0.05) is 0 Å². The van der Waals surface area contributed by atoms with Gasteiger partial charge in [0.25, 0.3) is 5.56 Å². The molecule has 1 heterocycles. The Bertz CT molecular complexity index is 548. The van der Waals surface area contributed by atoms with Crippen molar-refractivity contribution in [2.45, 2.75) is 6.54 Å². The maximum absolute atomic E-state index is 13.0. The summed E-state index contributed by atoms with van der Waals surface area (Å²) in [6.45, 7) is 0.0369. The Morgan fingerprint density at radius 3 is 2.73 bits per heavy atom. The van der Waals surface area contributed by atoms with Crippen LogP contribution in [0.1, 0.15) is 0 Å². The molecule has 1 aromatic carbocycles. The molecule has 0 fully saturated rings. The summed E-state index contributed by atoms with van der Waals surface area (Å²) in [5.41, 5.74) is 0.277. The summed E-state index contributed by atoms with van der Waals surface area (Å²) in [6, 6.07) is 7.31. The first-order chi connectivity index (χ1) is 7.22. The Balaban J connectivity index is 2.78. The van der Waals surface area contributed by atoms with Gasteiger partial charge >= 0.3 is 0 Å². The maximum atomic E-state index is 13.0. The average Bonchev–Trinajstić information content (AvgIpc) is 2.23. The van der Waals surface area contributed by atoms with Gasteiger partial charge in [0.1, 0.15) is 5.82 Å². The van der Waals surface area contributed by atoms with Gasteiger partial charge in [0.2, 0.25) is 0 Å². The zero-order chi connectivity index (χ0) is 10.8. The third-order valence-electron chi connectivity index (χ3n) is 2.28. The lowest BCUT2D eigenvalue weighted by atomic mass is 10.2.